The van der Waals surface area contributed by atoms with Crippen molar-refractivity contribution in [2.24, 2.45) is 23.7 Å². The van der Waals surface area contributed by atoms with E-state index in [0.29, 0.717) is 10.7 Å². The summed E-state index contributed by atoms with van der Waals surface area (Å²) in [5, 5.41) is 3.41. The van der Waals surface area contributed by atoms with E-state index in [2.05, 4.69) is 17.5 Å². The molecule has 1 N–H and O–H groups in total. The van der Waals surface area contributed by atoms with Gasteiger partial charge in [-0.05, 0) is 48.4 Å². The van der Waals surface area contributed by atoms with Crippen molar-refractivity contribution in [2.45, 2.75) is 25.8 Å². The third kappa shape index (κ3) is 3.37. The second-order valence-corrected chi connectivity index (χ2v) is 9.14. The third-order valence-corrected chi connectivity index (χ3v) is 7.08. The van der Waals surface area contributed by atoms with Crippen LogP contribution in [0, 0.1) is 30.6 Å². The van der Waals surface area contributed by atoms with E-state index in [1.54, 1.807) is 12.1 Å². The lowest BCUT2D eigenvalue weighted by molar-refractivity contribution is -0.147. The molecule has 2 aromatic rings. The summed E-state index contributed by atoms with van der Waals surface area (Å²) < 4.78 is 0. The fraction of sp³-hybridized carbons (Fsp3) is 0.320. The topological polar surface area (TPSA) is 66.5 Å². The number of rotatable bonds is 5. The number of nitrogens with zero attached hydrogens (tertiary/aromatic N) is 1. The number of hydrogen-bond acceptors (Lipinski definition) is 3. The second-order valence-electron chi connectivity index (χ2n) is 8.70. The van der Waals surface area contributed by atoms with Crippen LogP contribution in [0.5, 0.6) is 0 Å². The van der Waals surface area contributed by atoms with Crippen LogP contribution in [0.3, 0.4) is 0 Å². The van der Waals surface area contributed by atoms with Gasteiger partial charge in [-0.1, -0.05) is 60.2 Å². The SMILES string of the molecule is Cc1ccc(Cl)cc1NC(=O)[C@H](Cc1ccccc1)N1C(=O)[C@@H]2[C@@H](C1=O)[C@H]1C=C[C@H]2C1. The molecular formula is C25H23ClN2O3. The second kappa shape index (κ2) is 7.65. The van der Waals surface area contributed by atoms with Crippen molar-refractivity contribution >= 4 is 35.0 Å². The minimum absolute atomic E-state index is 0.104. The molecule has 0 unspecified atom stereocenters. The van der Waals surface area contributed by atoms with Gasteiger partial charge in [-0.25, -0.2) is 0 Å². The molecule has 1 saturated carbocycles. The first kappa shape index (κ1) is 20.0. The number of anilines is 1. The normalized spacial score (nSPS) is 27.0. The number of benzene rings is 2. The molecule has 1 saturated heterocycles. The molecule has 5 rings (SSSR count). The van der Waals surface area contributed by atoms with Crippen molar-refractivity contribution in [1.29, 1.82) is 0 Å². The summed E-state index contributed by atoms with van der Waals surface area (Å²) in [6.07, 6.45) is 5.24. The number of nitrogens with one attached hydrogen (secondary N) is 1. The van der Waals surface area contributed by atoms with Crippen LogP contribution in [-0.2, 0) is 20.8 Å². The Morgan fingerprint density at radius 2 is 1.71 bits per heavy atom. The Morgan fingerprint density at radius 1 is 1.06 bits per heavy atom. The highest BCUT2D eigenvalue weighted by Gasteiger charge is 2.61. The molecule has 5 atom stereocenters. The summed E-state index contributed by atoms with van der Waals surface area (Å²) in [6.45, 7) is 1.87. The van der Waals surface area contributed by atoms with Crippen LogP contribution in [0.4, 0.5) is 5.69 Å². The van der Waals surface area contributed by atoms with Crippen LogP contribution < -0.4 is 5.32 Å². The van der Waals surface area contributed by atoms with Gasteiger partial charge in [-0.2, -0.15) is 0 Å². The highest BCUT2D eigenvalue weighted by atomic mass is 35.5. The van der Waals surface area contributed by atoms with Gasteiger partial charge in [-0.3, -0.25) is 19.3 Å². The van der Waals surface area contributed by atoms with Gasteiger partial charge in [-0.15, -0.1) is 0 Å². The zero-order chi connectivity index (χ0) is 21.7. The first-order valence-electron chi connectivity index (χ1n) is 10.6. The monoisotopic (exact) mass is 434 g/mol. The van der Waals surface area contributed by atoms with Crippen LogP contribution in [0.25, 0.3) is 0 Å². The molecule has 0 aromatic heterocycles. The van der Waals surface area contributed by atoms with Gasteiger partial charge in [0.2, 0.25) is 17.7 Å². The Bertz CT molecular complexity index is 1070. The van der Waals surface area contributed by atoms with Crippen LogP contribution in [0.2, 0.25) is 5.02 Å². The summed E-state index contributed by atoms with van der Waals surface area (Å²) >= 11 is 6.11. The number of halogens is 1. The fourth-order valence-corrected chi connectivity index (χ4v) is 5.49. The molecule has 2 aromatic carbocycles. The predicted molar refractivity (Wildman–Crippen MR) is 118 cm³/mol. The highest BCUT2D eigenvalue weighted by molar-refractivity contribution is 6.31. The molecule has 0 radical (unpaired) electrons. The lowest BCUT2D eigenvalue weighted by Crippen LogP contribution is -2.49. The lowest BCUT2D eigenvalue weighted by Gasteiger charge is -2.27. The summed E-state index contributed by atoms with van der Waals surface area (Å²) in [5.41, 5.74) is 2.33. The van der Waals surface area contributed by atoms with Crippen molar-refractivity contribution in [3.05, 3.63) is 76.8 Å². The van der Waals surface area contributed by atoms with Crippen LogP contribution >= 0.6 is 11.6 Å². The molecule has 158 valence electrons. The maximum atomic E-state index is 13.4. The molecule has 1 aliphatic heterocycles. The molecule has 0 spiro atoms. The number of hydrogen-bond donors (Lipinski definition) is 1. The van der Waals surface area contributed by atoms with E-state index in [-0.39, 0.29) is 47.8 Å². The van der Waals surface area contributed by atoms with Crippen LogP contribution in [-0.4, -0.2) is 28.7 Å². The largest absolute Gasteiger partial charge is 0.324 e. The summed E-state index contributed by atoms with van der Waals surface area (Å²) in [6, 6.07) is 13.8. The van der Waals surface area contributed by atoms with E-state index in [1.165, 1.54) is 4.90 Å². The fourth-order valence-electron chi connectivity index (χ4n) is 5.32. The van der Waals surface area contributed by atoms with Crippen molar-refractivity contribution in [1.82, 2.24) is 4.90 Å². The molecule has 6 heteroatoms. The number of carbonyl (C=O) groups is 3. The number of amides is 3. The van der Waals surface area contributed by atoms with Gasteiger partial charge in [0.15, 0.2) is 0 Å². The smallest absolute Gasteiger partial charge is 0.248 e. The Morgan fingerprint density at radius 3 is 2.35 bits per heavy atom. The van der Waals surface area contributed by atoms with Crippen LogP contribution in [0.1, 0.15) is 17.5 Å². The van der Waals surface area contributed by atoms with E-state index < -0.39 is 6.04 Å². The molecule has 1 heterocycles. The number of allylic oxidation sites excluding steroid dienone is 2. The third-order valence-electron chi connectivity index (χ3n) is 6.85. The standard InChI is InChI=1S/C25H23ClN2O3/c1-14-7-10-18(26)13-19(14)27-23(29)20(11-15-5-3-2-4-6-15)28-24(30)21-16-8-9-17(12-16)22(21)25(28)31/h2-10,13,16-17,20-22H,11-12H2,1H3,(H,27,29)/t16-,17-,20-,21-,22-/m0/s1. The maximum Gasteiger partial charge on any atom is 0.248 e. The first-order chi connectivity index (χ1) is 14.9. The molecule has 3 aliphatic rings. The summed E-state index contributed by atoms with van der Waals surface area (Å²) in [7, 11) is 0. The number of aryl methyl sites for hydroxylation is 1. The van der Waals surface area contributed by atoms with Crippen molar-refractivity contribution in [3.8, 4) is 0 Å². The Labute approximate surface area is 186 Å². The molecule has 2 bridgehead atoms. The molecule has 2 fully saturated rings. The van der Waals surface area contributed by atoms with Crippen molar-refractivity contribution in [3.63, 3.8) is 0 Å². The zero-order valence-corrected chi connectivity index (χ0v) is 17.9. The quantitative estimate of drug-likeness (QED) is 0.571. The predicted octanol–water partition coefficient (Wildman–Crippen LogP) is 4.01. The molecule has 5 nitrogen and oxygen atoms in total. The van der Waals surface area contributed by atoms with Crippen LogP contribution in [0.15, 0.2) is 60.7 Å². The van der Waals surface area contributed by atoms with Crippen molar-refractivity contribution < 1.29 is 14.4 Å². The van der Waals surface area contributed by atoms with Crippen molar-refractivity contribution in [2.75, 3.05) is 5.32 Å². The molecule has 31 heavy (non-hydrogen) atoms. The molecule has 2 aliphatic carbocycles. The van der Waals surface area contributed by atoms with Gasteiger partial charge in [0.05, 0.1) is 11.8 Å². The average Bonchev–Trinajstić information content (AvgIpc) is 3.44. The summed E-state index contributed by atoms with van der Waals surface area (Å²) in [5.74, 6) is -1.27. The maximum absolute atomic E-state index is 13.4. The zero-order valence-electron chi connectivity index (χ0n) is 17.1. The lowest BCUT2D eigenvalue weighted by atomic mass is 9.85. The first-order valence-corrected chi connectivity index (χ1v) is 11.0. The van der Waals surface area contributed by atoms with E-state index in [4.69, 9.17) is 11.6 Å². The number of imide groups is 1. The summed E-state index contributed by atoms with van der Waals surface area (Å²) in [4.78, 5) is 41.4. The average molecular weight is 435 g/mol. The minimum Gasteiger partial charge on any atom is -0.324 e. The van der Waals surface area contributed by atoms with E-state index >= 15 is 0 Å². The molecular weight excluding hydrogens is 412 g/mol. The van der Waals surface area contributed by atoms with Gasteiger partial charge < -0.3 is 5.32 Å². The number of carbonyl (C=O) groups excluding carboxylic acids is 3. The Balaban J connectivity index is 1.47. The number of likely N-dealkylation sites (tertiary alicyclic amines) is 1. The minimum atomic E-state index is -0.911. The van der Waals surface area contributed by atoms with Gasteiger partial charge in [0.1, 0.15) is 6.04 Å². The Hall–Kier alpha value is -2.92. The van der Waals surface area contributed by atoms with Gasteiger partial charge in [0.25, 0.3) is 0 Å². The van der Waals surface area contributed by atoms with Gasteiger partial charge in [0, 0.05) is 17.1 Å². The highest BCUT2D eigenvalue weighted by Crippen LogP contribution is 2.53. The van der Waals surface area contributed by atoms with Gasteiger partial charge >= 0.3 is 0 Å². The molecule has 3 amide bonds. The number of fused-ring (bicyclic) bond motifs is 5. The van der Waals surface area contributed by atoms with E-state index in [9.17, 15) is 14.4 Å². The van der Waals surface area contributed by atoms with E-state index in [0.717, 1.165) is 17.5 Å². The Kier molecular flexibility index (Phi) is 4.94. The van der Waals surface area contributed by atoms with E-state index in [1.807, 2.05) is 43.3 Å².